The number of non-ortho nitro benzene ring substituents is 1. The first-order chi connectivity index (χ1) is 10.2. The summed E-state index contributed by atoms with van der Waals surface area (Å²) in [5.41, 5.74) is 0.352. The number of aryl methyl sites for hydroxylation is 1. The van der Waals surface area contributed by atoms with Crippen LogP contribution in [0.1, 0.15) is 11.1 Å². The molecule has 0 unspecified atom stereocenters. The van der Waals surface area contributed by atoms with Crippen molar-refractivity contribution in [3.8, 4) is 5.75 Å². The van der Waals surface area contributed by atoms with Gasteiger partial charge in [0.2, 0.25) is 0 Å². The number of nitro groups is 1. The lowest BCUT2D eigenvalue weighted by Gasteiger charge is -2.11. The van der Waals surface area contributed by atoms with Crippen molar-refractivity contribution in [2.75, 3.05) is 0 Å². The summed E-state index contributed by atoms with van der Waals surface area (Å²) >= 11 is 0. The number of nitrogens with zero attached hydrogens (tertiary/aromatic N) is 1. The van der Waals surface area contributed by atoms with Gasteiger partial charge in [0.1, 0.15) is 4.90 Å². The zero-order chi connectivity index (χ0) is 16.5. The van der Waals surface area contributed by atoms with Crippen LogP contribution in [0.5, 0.6) is 5.75 Å². The van der Waals surface area contributed by atoms with E-state index < -0.39 is 26.6 Å². The van der Waals surface area contributed by atoms with Crippen LogP contribution in [0.4, 0.5) is 10.1 Å². The first kappa shape index (κ1) is 15.9. The molecule has 2 rings (SSSR count). The van der Waals surface area contributed by atoms with Crippen LogP contribution in [0.15, 0.2) is 41.3 Å². The van der Waals surface area contributed by atoms with Crippen molar-refractivity contribution in [3.05, 3.63) is 63.5 Å². The topological polar surface area (TPSA) is 86.5 Å². The highest BCUT2D eigenvalue weighted by Gasteiger charge is 2.25. The Morgan fingerprint density at radius 1 is 1.18 bits per heavy atom. The molecule has 6 nitrogen and oxygen atoms in total. The minimum Gasteiger partial charge on any atom is -0.376 e. The van der Waals surface area contributed by atoms with E-state index in [2.05, 4.69) is 0 Å². The molecule has 0 spiro atoms. The molecule has 0 atom stereocenters. The molecule has 0 aliphatic heterocycles. The molecule has 0 bridgehead atoms. The second-order valence-corrected chi connectivity index (χ2v) is 6.13. The molecule has 0 saturated carbocycles. The second kappa shape index (κ2) is 5.72. The standard InChI is InChI=1S/C14H12FNO5S/c1-9-7-11(16(17)18)8-14(10(9)2)22(19,20)21-13-6-4-3-5-12(13)15/h3-8H,1-2H3. The Morgan fingerprint density at radius 2 is 1.82 bits per heavy atom. The van der Waals surface area contributed by atoms with E-state index in [1.807, 2.05) is 0 Å². The largest absolute Gasteiger partial charge is 0.376 e. The van der Waals surface area contributed by atoms with E-state index in [9.17, 15) is 22.9 Å². The van der Waals surface area contributed by atoms with Crippen molar-refractivity contribution in [3.63, 3.8) is 0 Å². The summed E-state index contributed by atoms with van der Waals surface area (Å²) in [5, 5.41) is 10.9. The van der Waals surface area contributed by atoms with Crippen molar-refractivity contribution >= 4 is 15.8 Å². The van der Waals surface area contributed by atoms with Gasteiger partial charge in [0.25, 0.3) is 5.69 Å². The normalized spacial score (nSPS) is 11.2. The van der Waals surface area contributed by atoms with Crippen molar-refractivity contribution in [1.82, 2.24) is 0 Å². The summed E-state index contributed by atoms with van der Waals surface area (Å²) in [6.07, 6.45) is 0. The molecule has 0 fully saturated rings. The second-order valence-electron chi connectivity index (χ2n) is 4.61. The fraction of sp³-hybridized carbons (Fsp3) is 0.143. The van der Waals surface area contributed by atoms with Crippen LogP contribution in [0.2, 0.25) is 0 Å². The monoisotopic (exact) mass is 325 g/mol. The maximum absolute atomic E-state index is 13.5. The summed E-state index contributed by atoms with van der Waals surface area (Å²) in [5.74, 6) is -1.31. The number of nitro benzene ring substituents is 1. The Morgan fingerprint density at radius 3 is 2.41 bits per heavy atom. The molecule has 2 aromatic carbocycles. The molecule has 0 aliphatic carbocycles. The van der Waals surface area contributed by atoms with E-state index >= 15 is 0 Å². The number of hydrogen-bond acceptors (Lipinski definition) is 5. The third kappa shape index (κ3) is 3.06. The minimum atomic E-state index is -4.39. The summed E-state index contributed by atoms with van der Waals surface area (Å²) in [7, 11) is -4.39. The molecule has 22 heavy (non-hydrogen) atoms. The van der Waals surface area contributed by atoms with E-state index in [4.69, 9.17) is 4.18 Å². The van der Waals surface area contributed by atoms with Crippen molar-refractivity contribution < 1.29 is 21.9 Å². The molecule has 2 aromatic rings. The third-order valence-corrected chi connectivity index (χ3v) is 4.48. The van der Waals surface area contributed by atoms with Gasteiger partial charge in [-0.05, 0) is 37.1 Å². The molecule has 116 valence electrons. The highest BCUT2D eigenvalue weighted by molar-refractivity contribution is 7.87. The summed E-state index contributed by atoms with van der Waals surface area (Å²) in [6, 6.07) is 7.18. The molecule has 0 radical (unpaired) electrons. The van der Waals surface area contributed by atoms with Gasteiger partial charge in [0, 0.05) is 12.1 Å². The molecule has 0 saturated heterocycles. The number of rotatable bonds is 4. The SMILES string of the molecule is Cc1cc([N+](=O)[O-])cc(S(=O)(=O)Oc2ccccc2F)c1C. The number of halogens is 1. The lowest BCUT2D eigenvalue weighted by molar-refractivity contribution is -0.385. The van der Waals surface area contributed by atoms with Gasteiger partial charge in [0.05, 0.1) is 4.92 Å². The zero-order valence-corrected chi connectivity index (χ0v) is 12.6. The van der Waals surface area contributed by atoms with E-state index in [1.165, 1.54) is 25.1 Å². The first-order valence-corrected chi connectivity index (χ1v) is 7.58. The van der Waals surface area contributed by atoms with E-state index in [-0.39, 0.29) is 10.6 Å². The highest BCUT2D eigenvalue weighted by atomic mass is 32.2. The van der Waals surface area contributed by atoms with Crippen LogP contribution in [0.25, 0.3) is 0 Å². The van der Waals surface area contributed by atoms with Gasteiger partial charge < -0.3 is 4.18 Å². The molecule has 8 heteroatoms. The average molecular weight is 325 g/mol. The van der Waals surface area contributed by atoms with Crippen molar-refractivity contribution in [1.29, 1.82) is 0 Å². The Labute approximate surface area is 126 Å². The van der Waals surface area contributed by atoms with Gasteiger partial charge in [-0.3, -0.25) is 10.1 Å². The van der Waals surface area contributed by atoms with Crippen LogP contribution in [0.3, 0.4) is 0 Å². The van der Waals surface area contributed by atoms with Crippen LogP contribution in [-0.2, 0) is 10.1 Å². The van der Waals surface area contributed by atoms with Gasteiger partial charge in [-0.2, -0.15) is 8.42 Å². The molecule has 0 heterocycles. The zero-order valence-electron chi connectivity index (χ0n) is 11.7. The minimum absolute atomic E-state index is 0.307. The maximum Gasteiger partial charge on any atom is 0.339 e. The maximum atomic E-state index is 13.5. The fourth-order valence-corrected chi connectivity index (χ4v) is 3.11. The van der Waals surface area contributed by atoms with Gasteiger partial charge in [0.15, 0.2) is 11.6 Å². The average Bonchev–Trinajstić information content (AvgIpc) is 2.43. The van der Waals surface area contributed by atoms with Gasteiger partial charge >= 0.3 is 10.1 Å². The summed E-state index contributed by atoms with van der Waals surface area (Å²) < 4.78 is 42.9. The Balaban J connectivity index is 2.54. The third-order valence-electron chi connectivity index (χ3n) is 3.12. The van der Waals surface area contributed by atoms with Crippen LogP contribution in [-0.4, -0.2) is 13.3 Å². The fourth-order valence-electron chi connectivity index (χ4n) is 1.85. The molecule has 0 N–H and O–H groups in total. The van der Waals surface area contributed by atoms with Gasteiger partial charge in [-0.1, -0.05) is 12.1 Å². The van der Waals surface area contributed by atoms with Crippen LogP contribution in [0, 0.1) is 29.8 Å². The molecular formula is C14H12FNO5S. The molecular weight excluding hydrogens is 313 g/mol. The van der Waals surface area contributed by atoms with Crippen LogP contribution < -0.4 is 4.18 Å². The summed E-state index contributed by atoms with van der Waals surface area (Å²) in [6.45, 7) is 3.04. The predicted octanol–water partition coefficient (Wildman–Crippen LogP) is 3.12. The predicted molar refractivity (Wildman–Crippen MR) is 76.8 cm³/mol. The summed E-state index contributed by atoms with van der Waals surface area (Å²) in [4.78, 5) is 9.81. The van der Waals surface area contributed by atoms with E-state index in [1.54, 1.807) is 6.92 Å². The Bertz CT molecular complexity index is 848. The van der Waals surface area contributed by atoms with Crippen LogP contribution >= 0.6 is 0 Å². The van der Waals surface area contributed by atoms with E-state index in [0.717, 1.165) is 18.2 Å². The Hall–Kier alpha value is -2.48. The smallest absolute Gasteiger partial charge is 0.339 e. The quantitative estimate of drug-likeness (QED) is 0.490. The number of para-hydroxylation sites is 1. The van der Waals surface area contributed by atoms with Gasteiger partial charge in [-0.25, -0.2) is 4.39 Å². The van der Waals surface area contributed by atoms with Gasteiger partial charge in [-0.15, -0.1) is 0 Å². The molecule has 0 aromatic heterocycles. The Kier molecular flexibility index (Phi) is 4.14. The number of benzene rings is 2. The van der Waals surface area contributed by atoms with E-state index in [0.29, 0.717) is 11.1 Å². The molecule has 0 amide bonds. The lowest BCUT2D eigenvalue weighted by Crippen LogP contribution is -2.13. The first-order valence-electron chi connectivity index (χ1n) is 6.17. The van der Waals surface area contributed by atoms with Crippen molar-refractivity contribution in [2.45, 2.75) is 18.7 Å². The highest BCUT2D eigenvalue weighted by Crippen LogP contribution is 2.28. The number of hydrogen-bond donors (Lipinski definition) is 0. The molecule has 0 aliphatic rings. The van der Waals surface area contributed by atoms with Crippen molar-refractivity contribution in [2.24, 2.45) is 0 Å². The lowest BCUT2D eigenvalue weighted by atomic mass is 10.1.